The minimum atomic E-state index is 0.567. The third kappa shape index (κ3) is 2.23. The molecule has 1 saturated heterocycles. The molecule has 1 aromatic rings. The van der Waals surface area contributed by atoms with Crippen LogP contribution in [0.5, 0.6) is 0 Å². The van der Waals surface area contributed by atoms with Gasteiger partial charge in [-0.1, -0.05) is 12.8 Å². The Morgan fingerprint density at radius 2 is 2.06 bits per heavy atom. The van der Waals surface area contributed by atoms with Gasteiger partial charge in [-0.2, -0.15) is 0 Å². The van der Waals surface area contributed by atoms with Crippen LogP contribution >= 0.6 is 11.6 Å². The van der Waals surface area contributed by atoms with Gasteiger partial charge in [0.05, 0.1) is 5.88 Å². The minimum absolute atomic E-state index is 0.567. The van der Waals surface area contributed by atoms with Gasteiger partial charge in [0.15, 0.2) is 0 Å². The van der Waals surface area contributed by atoms with E-state index in [0.29, 0.717) is 5.88 Å². The van der Waals surface area contributed by atoms with Gasteiger partial charge < -0.3 is 4.90 Å². The van der Waals surface area contributed by atoms with Crippen LogP contribution in [0.15, 0.2) is 18.5 Å². The van der Waals surface area contributed by atoms with E-state index in [1.807, 2.05) is 12.4 Å². The van der Waals surface area contributed by atoms with Crippen LogP contribution < -0.4 is 4.90 Å². The Morgan fingerprint density at radius 3 is 2.94 bits per heavy atom. The summed E-state index contributed by atoms with van der Waals surface area (Å²) >= 11 is 6.06. The fourth-order valence-electron chi connectivity index (χ4n) is 3.73. The molecule has 0 spiro atoms. The highest BCUT2D eigenvalue weighted by Gasteiger charge is 2.33. The summed E-state index contributed by atoms with van der Waals surface area (Å²) < 4.78 is 0. The molecule has 0 bridgehead atoms. The molecule has 2 heterocycles. The van der Waals surface area contributed by atoms with Gasteiger partial charge in [0.1, 0.15) is 0 Å². The molecule has 3 rings (SSSR count). The molecule has 0 amide bonds. The summed E-state index contributed by atoms with van der Waals surface area (Å²) in [4.78, 5) is 6.82. The third-order valence-electron chi connectivity index (χ3n) is 4.57. The van der Waals surface area contributed by atoms with Crippen molar-refractivity contribution in [3.63, 3.8) is 0 Å². The normalized spacial score (nSPS) is 27.9. The molecular weight excluding hydrogens is 244 g/mol. The summed E-state index contributed by atoms with van der Waals surface area (Å²) in [5, 5.41) is 0. The van der Waals surface area contributed by atoms with Gasteiger partial charge in [0, 0.05) is 36.2 Å². The Balaban J connectivity index is 1.89. The Hall–Kier alpha value is -0.760. The molecule has 18 heavy (non-hydrogen) atoms. The standard InChI is InChI=1S/C15H21ClN2/c16-10-13-11-17-8-7-15(13)18-9-3-5-12-4-1-2-6-14(12)18/h7-8,11-12,14H,1-6,9-10H2. The predicted octanol–water partition coefficient (Wildman–Crippen LogP) is 3.98. The SMILES string of the molecule is ClCc1cnccc1N1CCCC2CCCCC21. The van der Waals surface area contributed by atoms with Gasteiger partial charge in [-0.3, -0.25) is 4.98 Å². The van der Waals surface area contributed by atoms with E-state index in [9.17, 15) is 0 Å². The molecule has 0 radical (unpaired) electrons. The number of hydrogen-bond donors (Lipinski definition) is 0. The van der Waals surface area contributed by atoms with E-state index in [1.165, 1.54) is 56.3 Å². The number of aromatic nitrogens is 1. The van der Waals surface area contributed by atoms with E-state index in [1.54, 1.807) is 0 Å². The van der Waals surface area contributed by atoms with Crippen LogP contribution in [0.1, 0.15) is 44.1 Å². The molecule has 1 aliphatic carbocycles. The van der Waals surface area contributed by atoms with Gasteiger partial charge in [-0.05, 0) is 37.7 Å². The van der Waals surface area contributed by atoms with Crippen LogP contribution in [0.3, 0.4) is 0 Å². The van der Waals surface area contributed by atoms with E-state index in [2.05, 4.69) is 16.0 Å². The zero-order chi connectivity index (χ0) is 12.4. The molecule has 2 nitrogen and oxygen atoms in total. The Labute approximate surface area is 114 Å². The first kappa shape index (κ1) is 12.3. The van der Waals surface area contributed by atoms with Crippen molar-refractivity contribution in [1.82, 2.24) is 4.98 Å². The molecule has 1 saturated carbocycles. The zero-order valence-corrected chi connectivity index (χ0v) is 11.6. The molecule has 98 valence electrons. The highest BCUT2D eigenvalue weighted by atomic mass is 35.5. The molecule has 2 fully saturated rings. The van der Waals surface area contributed by atoms with Crippen LogP contribution in [-0.4, -0.2) is 17.6 Å². The number of anilines is 1. The number of alkyl halides is 1. The zero-order valence-electron chi connectivity index (χ0n) is 10.8. The van der Waals surface area contributed by atoms with E-state index < -0.39 is 0 Å². The van der Waals surface area contributed by atoms with Crippen molar-refractivity contribution in [2.75, 3.05) is 11.4 Å². The average molecular weight is 265 g/mol. The third-order valence-corrected chi connectivity index (χ3v) is 4.86. The molecule has 1 aromatic heterocycles. The number of piperidine rings is 1. The fraction of sp³-hybridized carbons (Fsp3) is 0.667. The Bertz CT molecular complexity index is 405. The predicted molar refractivity (Wildman–Crippen MR) is 76.1 cm³/mol. The molecule has 2 atom stereocenters. The van der Waals surface area contributed by atoms with Crippen LogP contribution in [0, 0.1) is 5.92 Å². The lowest BCUT2D eigenvalue weighted by Crippen LogP contribution is -2.47. The average Bonchev–Trinajstić information content (AvgIpc) is 2.46. The second-order valence-electron chi connectivity index (χ2n) is 5.59. The maximum atomic E-state index is 6.06. The Kier molecular flexibility index (Phi) is 3.74. The van der Waals surface area contributed by atoms with Crippen molar-refractivity contribution in [3.05, 3.63) is 24.0 Å². The molecule has 3 heteroatoms. The van der Waals surface area contributed by atoms with Crippen molar-refractivity contribution in [2.24, 2.45) is 5.92 Å². The van der Waals surface area contributed by atoms with E-state index in [4.69, 9.17) is 11.6 Å². The van der Waals surface area contributed by atoms with E-state index in [-0.39, 0.29) is 0 Å². The second kappa shape index (κ2) is 5.48. The first-order valence-corrected chi connectivity index (χ1v) is 7.69. The van der Waals surface area contributed by atoms with Gasteiger partial charge in [-0.25, -0.2) is 0 Å². The number of halogens is 1. The van der Waals surface area contributed by atoms with Crippen molar-refractivity contribution in [2.45, 2.75) is 50.4 Å². The molecular formula is C15H21ClN2. The van der Waals surface area contributed by atoms with Gasteiger partial charge in [0.2, 0.25) is 0 Å². The fourth-order valence-corrected chi connectivity index (χ4v) is 3.93. The van der Waals surface area contributed by atoms with Crippen LogP contribution in [-0.2, 0) is 5.88 Å². The highest BCUT2D eigenvalue weighted by Crippen LogP contribution is 2.38. The van der Waals surface area contributed by atoms with E-state index in [0.717, 1.165) is 12.0 Å². The van der Waals surface area contributed by atoms with Crippen LogP contribution in [0.2, 0.25) is 0 Å². The van der Waals surface area contributed by atoms with Crippen LogP contribution in [0.4, 0.5) is 5.69 Å². The summed E-state index contributed by atoms with van der Waals surface area (Å²) in [7, 11) is 0. The number of hydrogen-bond acceptors (Lipinski definition) is 2. The summed E-state index contributed by atoms with van der Waals surface area (Å²) in [6.45, 7) is 1.19. The molecule has 0 aromatic carbocycles. The lowest BCUT2D eigenvalue weighted by atomic mass is 9.78. The monoisotopic (exact) mass is 264 g/mol. The summed E-state index contributed by atoms with van der Waals surface area (Å²) in [5.41, 5.74) is 2.52. The van der Waals surface area contributed by atoms with Crippen LogP contribution in [0.25, 0.3) is 0 Å². The summed E-state index contributed by atoms with van der Waals surface area (Å²) in [6, 6.07) is 2.89. The van der Waals surface area contributed by atoms with Crippen molar-refractivity contribution in [1.29, 1.82) is 0 Å². The van der Waals surface area contributed by atoms with Gasteiger partial charge >= 0.3 is 0 Å². The number of fused-ring (bicyclic) bond motifs is 1. The largest absolute Gasteiger partial charge is 0.368 e. The topological polar surface area (TPSA) is 16.1 Å². The molecule has 2 unspecified atom stereocenters. The molecule has 2 aliphatic rings. The highest BCUT2D eigenvalue weighted by molar-refractivity contribution is 6.17. The smallest absolute Gasteiger partial charge is 0.0509 e. The van der Waals surface area contributed by atoms with E-state index >= 15 is 0 Å². The van der Waals surface area contributed by atoms with Crippen molar-refractivity contribution >= 4 is 17.3 Å². The number of rotatable bonds is 2. The summed E-state index contributed by atoms with van der Waals surface area (Å²) in [5.74, 6) is 1.47. The van der Waals surface area contributed by atoms with Gasteiger partial charge in [0.25, 0.3) is 0 Å². The maximum Gasteiger partial charge on any atom is 0.0509 e. The number of nitrogens with zero attached hydrogens (tertiary/aromatic N) is 2. The van der Waals surface area contributed by atoms with Crippen molar-refractivity contribution in [3.8, 4) is 0 Å². The first-order valence-electron chi connectivity index (χ1n) is 7.15. The second-order valence-corrected chi connectivity index (χ2v) is 5.85. The summed E-state index contributed by atoms with van der Waals surface area (Å²) in [6.07, 6.45) is 12.2. The quantitative estimate of drug-likeness (QED) is 0.751. The minimum Gasteiger partial charge on any atom is -0.368 e. The lowest BCUT2D eigenvalue weighted by molar-refractivity contribution is 0.243. The Morgan fingerprint density at radius 1 is 1.22 bits per heavy atom. The van der Waals surface area contributed by atoms with Gasteiger partial charge in [-0.15, -0.1) is 11.6 Å². The number of pyridine rings is 1. The lowest BCUT2D eigenvalue weighted by Gasteiger charge is -2.46. The molecule has 0 N–H and O–H groups in total. The first-order chi connectivity index (χ1) is 8.90. The molecule has 1 aliphatic heterocycles. The maximum absolute atomic E-state index is 6.06. The van der Waals surface area contributed by atoms with Crippen molar-refractivity contribution < 1.29 is 0 Å².